The molecule has 0 radical (unpaired) electrons. The minimum absolute atomic E-state index is 0.311. The third-order valence-electron chi connectivity index (χ3n) is 4.37. The molecule has 0 aromatic heterocycles. The first-order valence-corrected chi connectivity index (χ1v) is 9.25. The fourth-order valence-corrected chi connectivity index (χ4v) is 2.95. The summed E-state index contributed by atoms with van der Waals surface area (Å²) in [7, 11) is 1.62. The van der Waals surface area contributed by atoms with Crippen LogP contribution in [-0.2, 0) is 0 Å². The van der Waals surface area contributed by atoms with E-state index in [1.807, 2.05) is 31.2 Å². The SMILES string of the molecule is CCNC(=NCC(O)c1cccc(OC)c1)NCCC1=CCCCC1. The van der Waals surface area contributed by atoms with Crippen molar-refractivity contribution in [3.05, 3.63) is 41.5 Å². The predicted molar refractivity (Wildman–Crippen MR) is 103 cm³/mol. The van der Waals surface area contributed by atoms with Crippen LogP contribution in [0.25, 0.3) is 0 Å². The number of nitrogens with zero attached hydrogens (tertiary/aromatic N) is 1. The van der Waals surface area contributed by atoms with Crippen LogP contribution in [-0.4, -0.2) is 37.8 Å². The Labute approximate surface area is 151 Å². The summed E-state index contributed by atoms with van der Waals surface area (Å²) >= 11 is 0. The Morgan fingerprint density at radius 2 is 2.20 bits per heavy atom. The smallest absolute Gasteiger partial charge is 0.191 e. The van der Waals surface area contributed by atoms with Crippen molar-refractivity contribution in [2.45, 2.75) is 45.1 Å². The number of aliphatic hydroxyl groups is 1. The van der Waals surface area contributed by atoms with Crippen molar-refractivity contribution in [1.29, 1.82) is 0 Å². The van der Waals surface area contributed by atoms with Gasteiger partial charge >= 0.3 is 0 Å². The lowest BCUT2D eigenvalue weighted by atomic mass is 9.97. The second-order valence-corrected chi connectivity index (χ2v) is 6.30. The molecule has 1 aromatic rings. The van der Waals surface area contributed by atoms with Crippen molar-refractivity contribution in [2.24, 2.45) is 4.99 Å². The van der Waals surface area contributed by atoms with Crippen LogP contribution in [0.4, 0.5) is 0 Å². The van der Waals surface area contributed by atoms with E-state index in [1.54, 1.807) is 12.7 Å². The largest absolute Gasteiger partial charge is 0.497 e. The lowest BCUT2D eigenvalue weighted by Crippen LogP contribution is -2.38. The van der Waals surface area contributed by atoms with Gasteiger partial charge in [0.1, 0.15) is 5.75 Å². The highest BCUT2D eigenvalue weighted by Crippen LogP contribution is 2.20. The zero-order chi connectivity index (χ0) is 17.9. The minimum atomic E-state index is -0.647. The zero-order valence-electron chi connectivity index (χ0n) is 15.4. The van der Waals surface area contributed by atoms with Crippen LogP contribution in [0.3, 0.4) is 0 Å². The molecule has 1 aliphatic carbocycles. The number of rotatable bonds is 8. The molecule has 1 atom stereocenters. The van der Waals surface area contributed by atoms with E-state index in [0.29, 0.717) is 6.54 Å². The molecule has 25 heavy (non-hydrogen) atoms. The molecule has 5 heteroatoms. The number of ether oxygens (including phenoxy) is 1. The van der Waals surface area contributed by atoms with Crippen LogP contribution in [0.5, 0.6) is 5.75 Å². The summed E-state index contributed by atoms with van der Waals surface area (Å²) in [5, 5.41) is 17.0. The van der Waals surface area contributed by atoms with Crippen LogP contribution in [0.1, 0.15) is 50.7 Å². The van der Waals surface area contributed by atoms with E-state index in [1.165, 1.54) is 25.7 Å². The number of hydrogen-bond acceptors (Lipinski definition) is 3. The van der Waals surface area contributed by atoms with E-state index in [9.17, 15) is 5.11 Å². The molecule has 0 saturated heterocycles. The summed E-state index contributed by atoms with van der Waals surface area (Å²) in [6, 6.07) is 7.47. The Kier molecular flexibility index (Phi) is 8.32. The number of allylic oxidation sites excluding steroid dienone is 1. The highest BCUT2D eigenvalue weighted by Gasteiger charge is 2.09. The van der Waals surface area contributed by atoms with Crippen LogP contribution in [0, 0.1) is 0 Å². The summed E-state index contributed by atoms with van der Waals surface area (Å²) in [5.74, 6) is 1.49. The number of guanidine groups is 1. The zero-order valence-corrected chi connectivity index (χ0v) is 15.4. The third kappa shape index (κ3) is 6.78. The first kappa shape index (κ1) is 19.3. The third-order valence-corrected chi connectivity index (χ3v) is 4.37. The monoisotopic (exact) mass is 345 g/mol. The molecule has 1 aromatic carbocycles. The minimum Gasteiger partial charge on any atom is -0.497 e. The van der Waals surface area contributed by atoms with Gasteiger partial charge in [-0.1, -0.05) is 23.8 Å². The summed E-state index contributed by atoms with van der Waals surface area (Å²) in [6.07, 6.45) is 7.87. The molecule has 0 saturated carbocycles. The van der Waals surface area contributed by atoms with Crippen molar-refractivity contribution < 1.29 is 9.84 Å². The molecule has 0 fully saturated rings. The lowest BCUT2D eigenvalue weighted by Gasteiger charge is -2.16. The molecular formula is C20H31N3O2. The van der Waals surface area contributed by atoms with Gasteiger partial charge in [0, 0.05) is 13.1 Å². The van der Waals surface area contributed by atoms with Gasteiger partial charge in [0.25, 0.3) is 0 Å². The van der Waals surface area contributed by atoms with Gasteiger partial charge in [-0.3, -0.25) is 4.99 Å². The number of aliphatic imine (C=N–C) groups is 1. The normalized spacial score (nSPS) is 16.1. The van der Waals surface area contributed by atoms with E-state index in [-0.39, 0.29) is 0 Å². The van der Waals surface area contributed by atoms with E-state index in [4.69, 9.17) is 4.74 Å². The second kappa shape index (κ2) is 10.8. The van der Waals surface area contributed by atoms with Crippen LogP contribution in [0.15, 0.2) is 40.9 Å². The predicted octanol–water partition coefficient (Wildman–Crippen LogP) is 3.17. The molecule has 0 spiro atoms. The molecule has 1 aliphatic rings. The summed E-state index contributed by atoms with van der Waals surface area (Å²) in [6.45, 7) is 4.02. The Hall–Kier alpha value is -2.01. The van der Waals surface area contributed by atoms with Gasteiger partial charge in [-0.25, -0.2) is 0 Å². The number of nitrogens with one attached hydrogen (secondary N) is 2. The summed E-state index contributed by atoms with van der Waals surface area (Å²) in [5.41, 5.74) is 2.36. The highest BCUT2D eigenvalue weighted by atomic mass is 16.5. The van der Waals surface area contributed by atoms with E-state index in [0.717, 1.165) is 36.8 Å². The topological polar surface area (TPSA) is 65.9 Å². The van der Waals surface area contributed by atoms with E-state index in [2.05, 4.69) is 21.7 Å². The summed E-state index contributed by atoms with van der Waals surface area (Å²) in [4.78, 5) is 4.51. The molecule has 0 heterocycles. The van der Waals surface area contributed by atoms with Gasteiger partial charge in [0.2, 0.25) is 0 Å². The first-order valence-electron chi connectivity index (χ1n) is 9.25. The van der Waals surface area contributed by atoms with Gasteiger partial charge in [-0.15, -0.1) is 0 Å². The number of aliphatic hydroxyl groups excluding tert-OH is 1. The van der Waals surface area contributed by atoms with Gasteiger partial charge in [0.15, 0.2) is 5.96 Å². The van der Waals surface area contributed by atoms with Gasteiger partial charge in [-0.2, -0.15) is 0 Å². The number of methoxy groups -OCH3 is 1. The fraction of sp³-hybridized carbons (Fsp3) is 0.550. The average Bonchev–Trinajstić information content (AvgIpc) is 2.66. The fourth-order valence-electron chi connectivity index (χ4n) is 2.95. The van der Waals surface area contributed by atoms with Crippen molar-refractivity contribution in [3.63, 3.8) is 0 Å². The maximum atomic E-state index is 10.4. The molecule has 3 N–H and O–H groups in total. The first-order chi connectivity index (χ1) is 12.2. The van der Waals surface area contributed by atoms with Crippen molar-refractivity contribution in [1.82, 2.24) is 10.6 Å². The van der Waals surface area contributed by atoms with Crippen molar-refractivity contribution in [3.8, 4) is 5.75 Å². The number of hydrogen-bond donors (Lipinski definition) is 3. The Balaban J connectivity index is 1.85. The Morgan fingerprint density at radius 1 is 1.32 bits per heavy atom. The van der Waals surface area contributed by atoms with Crippen molar-refractivity contribution >= 4 is 5.96 Å². The van der Waals surface area contributed by atoms with E-state index >= 15 is 0 Å². The van der Waals surface area contributed by atoms with Crippen LogP contribution in [0.2, 0.25) is 0 Å². The molecule has 0 aliphatic heterocycles. The highest BCUT2D eigenvalue weighted by molar-refractivity contribution is 5.79. The second-order valence-electron chi connectivity index (χ2n) is 6.30. The maximum Gasteiger partial charge on any atom is 0.191 e. The Morgan fingerprint density at radius 3 is 2.92 bits per heavy atom. The molecule has 138 valence electrons. The molecule has 0 amide bonds. The molecular weight excluding hydrogens is 314 g/mol. The molecule has 2 rings (SSSR count). The van der Waals surface area contributed by atoms with Crippen LogP contribution >= 0.6 is 0 Å². The summed E-state index contributed by atoms with van der Waals surface area (Å²) < 4.78 is 5.20. The molecule has 1 unspecified atom stereocenters. The standard InChI is InChI=1S/C20H31N3O2/c1-3-21-20(22-13-12-16-8-5-4-6-9-16)23-15-19(24)17-10-7-11-18(14-17)25-2/h7-8,10-11,14,19,24H,3-6,9,12-13,15H2,1-2H3,(H2,21,22,23). The van der Waals surface area contributed by atoms with Gasteiger partial charge in [0.05, 0.1) is 19.8 Å². The quantitative estimate of drug-likeness (QED) is 0.385. The maximum absolute atomic E-state index is 10.4. The molecule has 5 nitrogen and oxygen atoms in total. The average molecular weight is 345 g/mol. The van der Waals surface area contributed by atoms with Crippen molar-refractivity contribution in [2.75, 3.05) is 26.7 Å². The number of benzene rings is 1. The van der Waals surface area contributed by atoms with Gasteiger partial charge < -0.3 is 20.5 Å². The molecule has 0 bridgehead atoms. The lowest BCUT2D eigenvalue weighted by molar-refractivity contribution is 0.186. The van der Waals surface area contributed by atoms with E-state index < -0.39 is 6.10 Å². The van der Waals surface area contributed by atoms with Crippen LogP contribution < -0.4 is 15.4 Å². The van der Waals surface area contributed by atoms with Gasteiger partial charge in [-0.05, 0) is 56.7 Å². The Bertz CT molecular complexity index is 584.